The van der Waals surface area contributed by atoms with E-state index in [1.165, 1.54) is 42.0 Å². The zero-order valence-electron chi connectivity index (χ0n) is 19.8. The van der Waals surface area contributed by atoms with Crippen LogP contribution in [0.2, 0.25) is 0 Å². The van der Waals surface area contributed by atoms with Gasteiger partial charge < -0.3 is 33.6 Å². The van der Waals surface area contributed by atoms with E-state index in [1.807, 2.05) is 23.1 Å². The second-order valence-corrected chi connectivity index (χ2v) is 10.2. The molecule has 2 aromatic carbocycles. The number of ether oxygens (including phenoxy) is 1. The minimum atomic E-state index is 0. The fourth-order valence-electron chi connectivity index (χ4n) is 4.63. The van der Waals surface area contributed by atoms with E-state index in [1.54, 1.807) is 7.11 Å². The Labute approximate surface area is 227 Å². The number of fused-ring (bicyclic) bond motifs is 2. The summed E-state index contributed by atoms with van der Waals surface area (Å²) in [5, 5.41) is 2.56. The number of allylic oxidation sites excluding steroid dienone is 5. The predicted molar refractivity (Wildman–Crippen MR) is 141 cm³/mol. The highest BCUT2D eigenvalue weighted by Gasteiger charge is 2.24. The summed E-state index contributed by atoms with van der Waals surface area (Å²) in [5.74, 6) is 1.02. The third-order valence-corrected chi connectivity index (χ3v) is 8.47. The number of nitrogens with zero attached hydrogens (tertiary/aromatic N) is 2. The Balaban J connectivity index is 0.00000274. The molecule has 0 saturated heterocycles. The fourth-order valence-corrected chi connectivity index (χ4v) is 6.89. The normalized spacial score (nSPS) is 17.9. The lowest BCUT2D eigenvalue weighted by molar-refractivity contribution is -0.665. The molecule has 6 heteroatoms. The number of para-hydroxylation sites is 2. The lowest BCUT2D eigenvalue weighted by Crippen LogP contribution is -3.00. The van der Waals surface area contributed by atoms with Crippen molar-refractivity contribution in [2.75, 3.05) is 18.6 Å². The molecule has 0 fully saturated rings. The number of aryl methyl sites for hydroxylation is 1. The highest BCUT2D eigenvalue weighted by Crippen LogP contribution is 2.45. The minimum Gasteiger partial charge on any atom is -1.00 e. The molecule has 1 aliphatic heterocycles. The maximum atomic E-state index is 5.88. The van der Waals surface area contributed by atoms with Gasteiger partial charge in [-0.3, -0.25) is 0 Å². The minimum absolute atomic E-state index is 0. The topological polar surface area (TPSA) is 16.4 Å². The van der Waals surface area contributed by atoms with Crippen molar-refractivity contribution in [1.29, 1.82) is 0 Å². The predicted octanol–water partition coefficient (Wildman–Crippen LogP) is 4.32. The van der Waals surface area contributed by atoms with Crippen LogP contribution in [-0.4, -0.2) is 13.7 Å². The molecule has 0 spiro atoms. The van der Waals surface area contributed by atoms with Crippen LogP contribution < -0.4 is 33.4 Å². The van der Waals surface area contributed by atoms with Crippen LogP contribution in [0.3, 0.4) is 0 Å². The van der Waals surface area contributed by atoms with Crippen molar-refractivity contribution in [2.45, 2.75) is 38.1 Å². The number of rotatable bonds is 6. The quantitative estimate of drug-likeness (QED) is 0.310. The fraction of sp³-hybridized carbons (Fsp3) is 0.250. The third kappa shape index (κ3) is 4.72. The number of halogens is 1. The van der Waals surface area contributed by atoms with Crippen molar-refractivity contribution in [3.8, 4) is 0 Å². The number of methoxy groups -OCH3 is 1. The second kappa shape index (κ2) is 11.1. The smallest absolute Gasteiger partial charge is 0.262 e. The summed E-state index contributed by atoms with van der Waals surface area (Å²) in [6.45, 7) is 6.34. The van der Waals surface area contributed by atoms with E-state index in [0.717, 1.165) is 31.7 Å². The Kier molecular flexibility index (Phi) is 8.22. The van der Waals surface area contributed by atoms with E-state index in [9.17, 15) is 0 Å². The summed E-state index contributed by atoms with van der Waals surface area (Å²) in [6, 6.07) is 17.3. The highest BCUT2D eigenvalue weighted by atomic mass is 127. The van der Waals surface area contributed by atoms with Crippen molar-refractivity contribution in [3.63, 3.8) is 0 Å². The summed E-state index contributed by atoms with van der Waals surface area (Å²) in [7, 11) is 1.79. The molecule has 3 aromatic rings. The third-order valence-electron chi connectivity index (χ3n) is 6.21. The molecule has 0 bridgehead atoms. The van der Waals surface area contributed by atoms with Gasteiger partial charge in [-0.2, -0.15) is 4.57 Å². The first-order valence-electron chi connectivity index (χ1n) is 11.6. The van der Waals surface area contributed by atoms with Gasteiger partial charge in [0.15, 0.2) is 0 Å². The molecule has 0 saturated carbocycles. The summed E-state index contributed by atoms with van der Waals surface area (Å²) >= 11 is 3.69. The van der Waals surface area contributed by atoms with Crippen LogP contribution in [0.15, 0.2) is 93.6 Å². The Morgan fingerprint density at radius 3 is 2.59 bits per heavy atom. The van der Waals surface area contributed by atoms with Gasteiger partial charge in [0.05, 0.1) is 17.8 Å². The largest absolute Gasteiger partial charge is 1.00 e. The van der Waals surface area contributed by atoms with Gasteiger partial charge in [-0.1, -0.05) is 53.4 Å². The Hall–Kier alpha value is -2.03. The van der Waals surface area contributed by atoms with E-state index >= 15 is 0 Å². The van der Waals surface area contributed by atoms with E-state index in [-0.39, 0.29) is 24.0 Å². The Bertz CT molecular complexity index is 1320. The lowest BCUT2D eigenvalue weighted by atomic mass is 10.2. The van der Waals surface area contributed by atoms with Crippen LogP contribution in [0.25, 0.3) is 16.3 Å². The van der Waals surface area contributed by atoms with Crippen molar-refractivity contribution < 1.29 is 33.3 Å². The molecule has 1 aromatic heterocycles. The van der Waals surface area contributed by atoms with E-state index < -0.39 is 0 Å². The van der Waals surface area contributed by atoms with Gasteiger partial charge in [0, 0.05) is 23.6 Å². The summed E-state index contributed by atoms with van der Waals surface area (Å²) < 4.78 is 9.59. The highest BCUT2D eigenvalue weighted by molar-refractivity contribution is 8.03. The molecule has 2 heterocycles. The second-order valence-electron chi connectivity index (χ2n) is 8.05. The molecule has 2 aliphatic rings. The van der Waals surface area contributed by atoms with Crippen LogP contribution in [-0.2, 0) is 11.3 Å². The van der Waals surface area contributed by atoms with Gasteiger partial charge >= 0.3 is 0 Å². The number of aromatic nitrogens is 1. The molecule has 34 heavy (non-hydrogen) atoms. The molecule has 0 atom stereocenters. The number of hydrogen-bond donors (Lipinski definition) is 0. The zero-order chi connectivity index (χ0) is 22.8. The maximum Gasteiger partial charge on any atom is 0.262 e. The van der Waals surface area contributed by atoms with Gasteiger partial charge in [0.2, 0.25) is 5.52 Å². The van der Waals surface area contributed by atoms with Crippen LogP contribution in [0.1, 0.15) is 31.7 Å². The van der Waals surface area contributed by atoms with E-state index in [0.29, 0.717) is 0 Å². The van der Waals surface area contributed by atoms with Crippen molar-refractivity contribution in [3.05, 3.63) is 93.7 Å². The lowest BCUT2D eigenvalue weighted by Gasteiger charge is -2.17. The monoisotopic (exact) mass is 600 g/mol. The number of anilines is 1. The van der Waals surface area contributed by atoms with Crippen molar-refractivity contribution >= 4 is 45.1 Å². The van der Waals surface area contributed by atoms with E-state index in [2.05, 4.69) is 96.1 Å². The molecule has 1 aliphatic carbocycles. The number of hydrogen-bond acceptors (Lipinski definition) is 4. The number of benzene rings is 2. The van der Waals surface area contributed by atoms with Crippen molar-refractivity contribution in [1.82, 2.24) is 0 Å². The first kappa shape index (κ1) is 25.1. The zero-order valence-corrected chi connectivity index (χ0v) is 23.5. The Morgan fingerprint density at radius 2 is 1.79 bits per heavy atom. The van der Waals surface area contributed by atoms with Gasteiger partial charge in [-0.15, -0.1) is 0 Å². The van der Waals surface area contributed by atoms with Crippen LogP contribution >= 0.6 is 23.1 Å². The first-order chi connectivity index (χ1) is 16.2. The SMILES string of the molecule is CCN1/C(=C/C=C2\CCC(/C=C/c3sc4ccccc4[n+]3CC)=C2OC)Sc2ccccc21.[I-]. The van der Waals surface area contributed by atoms with Crippen molar-refractivity contribution in [2.24, 2.45) is 0 Å². The van der Waals surface area contributed by atoms with E-state index in [4.69, 9.17) is 4.74 Å². The summed E-state index contributed by atoms with van der Waals surface area (Å²) in [5.41, 5.74) is 5.16. The molecule has 5 rings (SSSR count). The summed E-state index contributed by atoms with van der Waals surface area (Å²) in [6.07, 6.45) is 11.0. The summed E-state index contributed by atoms with van der Waals surface area (Å²) in [4.78, 5) is 3.71. The maximum absolute atomic E-state index is 5.88. The molecule has 0 unspecified atom stereocenters. The molecular weight excluding hydrogens is 571 g/mol. The van der Waals surface area contributed by atoms with Crippen LogP contribution in [0.5, 0.6) is 0 Å². The number of thioether (sulfide) groups is 1. The first-order valence-corrected chi connectivity index (χ1v) is 13.2. The molecule has 176 valence electrons. The van der Waals surface area contributed by atoms with Crippen LogP contribution in [0, 0.1) is 0 Å². The van der Waals surface area contributed by atoms with Gasteiger partial charge in [0.25, 0.3) is 5.01 Å². The van der Waals surface area contributed by atoms with Crippen LogP contribution in [0.4, 0.5) is 5.69 Å². The molecular formula is C28H29IN2OS2. The molecule has 0 radical (unpaired) electrons. The average Bonchev–Trinajstić information content (AvgIpc) is 3.52. The number of thiazole rings is 1. The van der Waals surface area contributed by atoms with Gasteiger partial charge in [-0.25, -0.2) is 0 Å². The average molecular weight is 601 g/mol. The standard InChI is InChI=1S/C28H29N2OS2.HI/c1-4-29-22-10-6-8-12-24(22)32-26(29)18-16-20-14-15-21(28(20)31-3)17-19-27-30(5-2)23-11-7-9-13-25(23)33-27;/h6-13,16-19H,4-5,14-15H2,1-3H3;1H/q+1;/p-1. The Morgan fingerprint density at radius 1 is 1.00 bits per heavy atom. The molecule has 0 N–H and O–H groups in total. The van der Waals surface area contributed by atoms with Gasteiger partial charge in [0.1, 0.15) is 17.0 Å². The molecule has 3 nitrogen and oxygen atoms in total. The van der Waals surface area contributed by atoms with Gasteiger partial charge in [-0.05, 0) is 68.2 Å². The molecule has 0 amide bonds.